The first-order valence-electron chi connectivity index (χ1n) is 12.3. The molecule has 0 bridgehead atoms. The third-order valence-corrected chi connectivity index (χ3v) is 6.77. The highest BCUT2D eigenvalue weighted by atomic mass is 35.5. The van der Waals surface area contributed by atoms with Crippen molar-refractivity contribution in [3.63, 3.8) is 0 Å². The summed E-state index contributed by atoms with van der Waals surface area (Å²) in [6.07, 6.45) is 0. The molecule has 0 aliphatic heterocycles. The number of nitrogens with one attached hydrogen (secondary N) is 2. The highest BCUT2D eigenvalue weighted by molar-refractivity contribution is 7.99. The molecule has 0 spiro atoms. The third kappa shape index (κ3) is 7.25. The van der Waals surface area contributed by atoms with Crippen LogP contribution in [0.25, 0.3) is 5.69 Å². The summed E-state index contributed by atoms with van der Waals surface area (Å²) in [5, 5.41) is 15.3. The van der Waals surface area contributed by atoms with Gasteiger partial charge in [-0.15, -0.1) is 10.2 Å². The van der Waals surface area contributed by atoms with Crippen molar-refractivity contribution in [1.29, 1.82) is 0 Å². The van der Waals surface area contributed by atoms with Crippen LogP contribution in [0, 0.1) is 0 Å². The van der Waals surface area contributed by atoms with Gasteiger partial charge >= 0.3 is 0 Å². The highest BCUT2D eigenvalue weighted by Crippen LogP contribution is 2.28. The lowest BCUT2D eigenvalue weighted by atomic mass is 10.2. The number of carbonyl (C=O) groups is 2. The summed E-state index contributed by atoms with van der Waals surface area (Å²) in [6.45, 7) is 2.55. The van der Waals surface area contributed by atoms with E-state index >= 15 is 0 Å². The van der Waals surface area contributed by atoms with E-state index in [1.807, 2.05) is 13.0 Å². The Bertz CT molecular complexity index is 1480. The van der Waals surface area contributed by atoms with Crippen molar-refractivity contribution in [1.82, 2.24) is 20.1 Å². The fourth-order valence-corrected chi connectivity index (χ4v) is 4.71. The van der Waals surface area contributed by atoms with Gasteiger partial charge in [0, 0.05) is 16.3 Å². The second-order valence-electron chi connectivity index (χ2n) is 8.26. The Balaban J connectivity index is 1.48. The van der Waals surface area contributed by atoms with Crippen LogP contribution in [0.4, 0.5) is 5.69 Å². The number of methoxy groups -OCH3 is 2. The summed E-state index contributed by atoms with van der Waals surface area (Å²) in [4.78, 5) is 25.5. The molecule has 0 unspecified atom stereocenters. The fraction of sp³-hybridized carbons (Fsp3) is 0.214. The van der Waals surface area contributed by atoms with E-state index in [2.05, 4.69) is 20.8 Å². The molecule has 2 amide bonds. The van der Waals surface area contributed by atoms with Gasteiger partial charge in [0.1, 0.15) is 5.75 Å². The summed E-state index contributed by atoms with van der Waals surface area (Å²) in [5.74, 6) is 1.71. The molecule has 0 aliphatic rings. The standard InChI is InChI=1S/C28H28ClN5O5S/c1-4-39-22-11-9-20(10-12-22)31-26(35)17-40-28-33-32-25(34(28)21-7-5-6-19(29)15-21)16-30-27(36)18-8-13-23(37-2)24(14-18)38-3/h5-15H,4,16-17H2,1-3H3,(H,30,36)(H,31,35). The molecule has 0 atom stereocenters. The van der Waals surface area contributed by atoms with Gasteiger partial charge in [0.05, 0.1) is 38.8 Å². The van der Waals surface area contributed by atoms with Gasteiger partial charge in [-0.1, -0.05) is 29.4 Å². The van der Waals surface area contributed by atoms with Crippen LogP contribution in [-0.2, 0) is 11.3 Å². The maximum Gasteiger partial charge on any atom is 0.251 e. The number of anilines is 1. The van der Waals surface area contributed by atoms with E-state index in [1.165, 1.54) is 26.0 Å². The average Bonchev–Trinajstić information content (AvgIpc) is 3.38. The van der Waals surface area contributed by atoms with E-state index in [0.717, 1.165) is 5.75 Å². The number of hydrogen-bond donors (Lipinski definition) is 2. The lowest BCUT2D eigenvalue weighted by Crippen LogP contribution is -2.24. The minimum Gasteiger partial charge on any atom is -0.494 e. The Labute approximate surface area is 241 Å². The van der Waals surface area contributed by atoms with E-state index < -0.39 is 0 Å². The maximum atomic E-state index is 12.9. The largest absolute Gasteiger partial charge is 0.494 e. The molecular weight excluding hydrogens is 554 g/mol. The molecular formula is C28H28ClN5O5S. The number of benzene rings is 3. The van der Waals surface area contributed by atoms with Crippen molar-refractivity contribution >= 4 is 40.9 Å². The number of ether oxygens (including phenoxy) is 3. The van der Waals surface area contributed by atoms with Crippen LogP contribution in [0.15, 0.2) is 71.9 Å². The highest BCUT2D eigenvalue weighted by Gasteiger charge is 2.18. The Kier molecular flexibility index (Phi) is 9.87. The van der Waals surface area contributed by atoms with Crippen LogP contribution in [-0.4, -0.2) is 53.2 Å². The summed E-state index contributed by atoms with van der Waals surface area (Å²) >= 11 is 7.46. The second kappa shape index (κ2) is 13.7. The Morgan fingerprint density at radius 3 is 2.45 bits per heavy atom. The number of thioether (sulfide) groups is 1. The van der Waals surface area contributed by atoms with Gasteiger partial charge in [-0.05, 0) is 67.6 Å². The number of hydrogen-bond acceptors (Lipinski definition) is 8. The van der Waals surface area contributed by atoms with Gasteiger partial charge in [0.15, 0.2) is 22.5 Å². The molecule has 1 aromatic heterocycles. The number of rotatable bonds is 12. The summed E-state index contributed by atoms with van der Waals surface area (Å²) in [5.41, 5.74) is 1.75. The lowest BCUT2D eigenvalue weighted by Gasteiger charge is -2.12. The summed E-state index contributed by atoms with van der Waals surface area (Å²) in [7, 11) is 3.03. The van der Waals surface area contributed by atoms with Crippen molar-refractivity contribution < 1.29 is 23.8 Å². The molecule has 0 fully saturated rings. The molecule has 4 aromatic rings. The smallest absolute Gasteiger partial charge is 0.251 e. The van der Waals surface area contributed by atoms with Crippen molar-refractivity contribution in [2.24, 2.45) is 0 Å². The second-order valence-corrected chi connectivity index (χ2v) is 9.64. The molecule has 3 aromatic carbocycles. The minimum atomic E-state index is -0.328. The van der Waals surface area contributed by atoms with E-state index in [1.54, 1.807) is 65.2 Å². The maximum absolute atomic E-state index is 12.9. The number of carbonyl (C=O) groups excluding carboxylic acids is 2. The molecule has 0 saturated heterocycles. The van der Waals surface area contributed by atoms with Crippen molar-refractivity contribution in [3.05, 3.63) is 83.1 Å². The van der Waals surface area contributed by atoms with Gasteiger partial charge < -0.3 is 24.8 Å². The molecule has 208 valence electrons. The quantitative estimate of drug-likeness (QED) is 0.225. The first-order chi connectivity index (χ1) is 19.4. The van der Waals surface area contributed by atoms with Gasteiger partial charge in [-0.25, -0.2) is 0 Å². The lowest BCUT2D eigenvalue weighted by molar-refractivity contribution is -0.113. The number of amides is 2. The Hall–Kier alpha value is -4.22. The van der Waals surface area contributed by atoms with Crippen LogP contribution >= 0.6 is 23.4 Å². The van der Waals surface area contributed by atoms with Crippen LogP contribution < -0.4 is 24.8 Å². The first-order valence-corrected chi connectivity index (χ1v) is 13.6. The van der Waals surface area contributed by atoms with Gasteiger partial charge in [-0.3, -0.25) is 14.2 Å². The topological polar surface area (TPSA) is 117 Å². The summed E-state index contributed by atoms with van der Waals surface area (Å²) in [6, 6.07) is 19.2. The monoisotopic (exact) mass is 581 g/mol. The van der Waals surface area contributed by atoms with Crippen molar-refractivity contribution in [2.75, 3.05) is 31.9 Å². The van der Waals surface area contributed by atoms with Crippen LogP contribution in [0.2, 0.25) is 5.02 Å². The number of nitrogens with zero attached hydrogens (tertiary/aromatic N) is 3. The first kappa shape index (κ1) is 28.8. The van der Waals surface area contributed by atoms with Crippen LogP contribution in [0.3, 0.4) is 0 Å². The zero-order chi connectivity index (χ0) is 28.5. The molecule has 12 heteroatoms. The fourth-order valence-electron chi connectivity index (χ4n) is 3.75. The molecule has 0 radical (unpaired) electrons. The van der Waals surface area contributed by atoms with E-state index in [0.29, 0.717) is 51.0 Å². The predicted octanol–water partition coefficient (Wildman–Crippen LogP) is 5.00. The molecule has 0 saturated carbocycles. The van der Waals surface area contributed by atoms with Gasteiger partial charge in [0.25, 0.3) is 5.91 Å². The predicted molar refractivity (Wildman–Crippen MR) is 154 cm³/mol. The minimum absolute atomic E-state index is 0.0750. The van der Waals surface area contributed by atoms with Gasteiger partial charge in [0.2, 0.25) is 5.91 Å². The zero-order valence-corrected chi connectivity index (χ0v) is 23.7. The van der Waals surface area contributed by atoms with Crippen molar-refractivity contribution in [3.8, 4) is 22.9 Å². The molecule has 40 heavy (non-hydrogen) atoms. The third-order valence-electron chi connectivity index (χ3n) is 5.60. The average molecular weight is 582 g/mol. The SMILES string of the molecule is CCOc1ccc(NC(=O)CSc2nnc(CNC(=O)c3ccc(OC)c(OC)c3)n2-c2cccc(Cl)c2)cc1. The zero-order valence-electron chi connectivity index (χ0n) is 22.1. The van der Waals surface area contributed by atoms with Crippen molar-refractivity contribution in [2.45, 2.75) is 18.6 Å². The number of halogens is 1. The molecule has 2 N–H and O–H groups in total. The Morgan fingerprint density at radius 2 is 1.75 bits per heavy atom. The van der Waals surface area contributed by atoms with Gasteiger partial charge in [-0.2, -0.15) is 0 Å². The van der Waals surface area contributed by atoms with Crippen LogP contribution in [0.1, 0.15) is 23.1 Å². The molecule has 4 rings (SSSR count). The molecule has 0 aliphatic carbocycles. The number of aromatic nitrogens is 3. The van der Waals surface area contributed by atoms with E-state index in [4.69, 9.17) is 25.8 Å². The molecule has 1 heterocycles. The normalized spacial score (nSPS) is 10.6. The van der Waals surface area contributed by atoms with Crippen LogP contribution in [0.5, 0.6) is 17.2 Å². The molecule has 10 nitrogen and oxygen atoms in total. The van der Waals surface area contributed by atoms with E-state index in [-0.39, 0.29) is 24.1 Å². The Morgan fingerprint density at radius 1 is 0.975 bits per heavy atom. The summed E-state index contributed by atoms with van der Waals surface area (Å²) < 4.78 is 17.7. The van der Waals surface area contributed by atoms with E-state index in [9.17, 15) is 9.59 Å².